The third-order valence-electron chi connectivity index (χ3n) is 0. The molecule has 0 saturated carbocycles. The second-order valence-corrected chi connectivity index (χ2v) is 0. The van der Waals surface area contributed by atoms with Gasteiger partial charge in [0.05, 0.1) is 0 Å². The van der Waals surface area contributed by atoms with Crippen molar-refractivity contribution in [3.63, 3.8) is 0 Å². The third-order valence-corrected chi connectivity index (χ3v) is 0. The van der Waals surface area contributed by atoms with Crippen molar-refractivity contribution in [3.8, 4) is 0 Å². The van der Waals surface area contributed by atoms with Crippen LogP contribution in [0.25, 0.3) is 0 Å². The van der Waals surface area contributed by atoms with Gasteiger partial charge in [-0.2, -0.15) is 0 Å². The van der Waals surface area contributed by atoms with Crippen molar-refractivity contribution >= 4 is 19.8 Å². The van der Waals surface area contributed by atoms with Gasteiger partial charge in [-0.25, -0.2) is 0 Å². The van der Waals surface area contributed by atoms with Crippen LogP contribution in [0.5, 0.6) is 0 Å². The van der Waals surface area contributed by atoms with Crippen LogP contribution in [0.1, 0.15) is 0 Å². The fraction of sp³-hybridized carbons (Fsp3) is 0. The molecule has 0 atom stereocenters. The van der Waals surface area contributed by atoms with Gasteiger partial charge in [0.1, 0.15) is 0 Å². The van der Waals surface area contributed by atoms with Crippen LogP contribution < -0.4 is 0 Å². The van der Waals surface area contributed by atoms with Crippen molar-refractivity contribution in [2.75, 3.05) is 0 Å². The molecule has 0 saturated heterocycles. The van der Waals surface area contributed by atoms with Gasteiger partial charge in [-0.3, -0.25) is 0 Å². The van der Waals surface area contributed by atoms with Gasteiger partial charge < -0.3 is 0 Å². The summed E-state index contributed by atoms with van der Waals surface area (Å²) < 4.78 is 0. The van der Waals surface area contributed by atoms with Crippen molar-refractivity contribution in [1.29, 1.82) is 0 Å². The monoisotopic (exact) mass is 492 g/mol. The summed E-state index contributed by atoms with van der Waals surface area (Å²) in [5, 5.41) is 0. The van der Waals surface area contributed by atoms with E-state index in [1.165, 1.54) is 0 Å². The molecule has 0 radical (unpaired) electrons. The van der Waals surface area contributed by atoms with Crippen LogP contribution in [0.2, 0.25) is 0 Å². The van der Waals surface area contributed by atoms with E-state index in [2.05, 4.69) is 0 Å². The first-order valence-electron chi connectivity index (χ1n) is 0. The molecule has 0 aliphatic heterocycles. The summed E-state index contributed by atoms with van der Waals surface area (Å²) in [5.74, 6) is 0. The molecule has 4 heteroatoms. The minimum absolute atomic E-state index is 0. The van der Waals surface area contributed by atoms with Gasteiger partial charge in [0.2, 0.25) is 0 Å². The first-order valence-corrected chi connectivity index (χ1v) is 0. The zero-order chi connectivity index (χ0) is 0. The predicted molar refractivity (Wildman–Crippen MR) is 9.94 cm³/mol. The topological polar surface area (TPSA) is 0 Å². The molecule has 0 N–H and O–H groups in total. The van der Waals surface area contributed by atoms with Gasteiger partial charge in [0.15, 0.2) is 0 Å². The molecule has 0 aliphatic rings. The second kappa shape index (κ2) is 15.7. The molecule has 0 nitrogen and oxygen atoms in total. The van der Waals surface area contributed by atoms with Crippen LogP contribution in [0, 0.1) is 125 Å². The Hall–Kier alpha value is 4.77. The van der Waals surface area contributed by atoms with Gasteiger partial charge in [-0.05, 0) is 0 Å². The molecule has 0 rings (SSSR count). The molecule has 0 aromatic rings. The number of hydrogen-bond acceptors (Lipinski definition) is 0. The molecule has 0 aliphatic carbocycles. The molecule has 4 heavy (non-hydrogen) atoms. The summed E-state index contributed by atoms with van der Waals surface area (Å²) in [4.78, 5) is 0. The molecule has 0 fully saturated rings. The molecule has 0 bridgehead atoms. The van der Waals surface area contributed by atoms with Crippen LogP contribution in [0.4, 0.5) is 0 Å². The van der Waals surface area contributed by atoms with E-state index in [1.54, 1.807) is 0 Å². The quantitative estimate of drug-likeness (QED) is 0.373. The van der Waals surface area contributed by atoms with Crippen molar-refractivity contribution in [2.45, 2.75) is 0 Å². The summed E-state index contributed by atoms with van der Waals surface area (Å²) in [6, 6.07) is 0. The molecular weight excluding hydrogens is 490 g/mol. The van der Waals surface area contributed by atoms with E-state index >= 15 is 0 Å². The van der Waals surface area contributed by atoms with Crippen LogP contribution in [0.15, 0.2) is 0 Å². The maximum absolute atomic E-state index is 0. The van der Waals surface area contributed by atoms with Gasteiger partial charge in [0.25, 0.3) is 0 Å². The first-order chi connectivity index (χ1) is 0. The van der Waals surface area contributed by atoms with E-state index in [1.807, 2.05) is 0 Å². The van der Waals surface area contributed by atoms with Crippen LogP contribution in [-0.4, -0.2) is 19.8 Å². The summed E-state index contributed by atoms with van der Waals surface area (Å²) in [5.41, 5.74) is 0. The molecule has 0 aromatic heterocycles. The Morgan fingerprint density at radius 3 is 0.500 bits per heavy atom. The first kappa shape index (κ1) is 23.3. The average molecular weight is 493 g/mol. The Labute approximate surface area is 140 Å². The van der Waals surface area contributed by atoms with Crippen molar-refractivity contribution in [2.24, 2.45) is 0 Å². The van der Waals surface area contributed by atoms with Crippen molar-refractivity contribution in [1.82, 2.24) is 0 Å². The molecule has 0 aromatic carbocycles. The fourth-order valence-electron chi connectivity index (χ4n) is 0. The van der Waals surface area contributed by atoms with E-state index in [0.29, 0.717) is 0 Å². The maximum atomic E-state index is 0. The van der Waals surface area contributed by atoms with Gasteiger partial charge >= 0.3 is 19.8 Å². The van der Waals surface area contributed by atoms with E-state index in [4.69, 9.17) is 0 Å². The molecule has 0 heterocycles. The van der Waals surface area contributed by atoms with Crippen LogP contribution in [0.3, 0.4) is 0 Å². The molecule has 0 spiro atoms. The van der Waals surface area contributed by atoms with E-state index < -0.39 is 0 Å². The van der Waals surface area contributed by atoms with Gasteiger partial charge in [0, 0.05) is 125 Å². The molecular formula is H3Ce3Ga. The normalized spacial score (nSPS) is 0. The summed E-state index contributed by atoms with van der Waals surface area (Å²) in [7, 11) is 0. The number of hydrogen-bond donors (Lipinski definition) is 0. The zero-order valence-corrected chi connectivity index (χ0v) is 10.9. The Kier molecular flexibility index (Phi) is 91.1. The van der Waals surface area contributed by atoms with E-state index in [0.717, 1.165) is 0 Å². The van der Waals surface area contributed by atoms with Gasteiger partial charge in [-0.1, -0.05) is 0 Å². The Balaban J connectivity index is 0. The molecule has 0 unspecified atom stereocenters. The third kappa shape index (κ3) is 9.90. The Morgan fingerprint density at radius 2 is 0.500 bits per heavy atom. The Morgan fingerprint density at radius 1 is 0.500 bits per heavy atom. The average Bonchev–Trinajstić information content (AvgIpc) is 0. The summed E-state index contributed by atoms with van der Waals surface area (Å²) in [6.07, 6.45) is 0. The standard InChI is InChI=1S/3Ce.Ga.3H. The van der Waals surface area contributed by atoms with Crippen molar-refractivity contribution in [3.05, 3.63) is 0 Å². The van der Waals surface area contributed by atoms with Crippen LogP contribution in [-0.2, 0) is 0 Å². The predicted octanol–water partition coefficient (Wildman–Crippen LogP) is -1.18. The molecule has 18 valence electrons. The van der Waals surface area contributed by atoms with Crippen molar-refractivity contribution < 1.29 is 125 Å². The second-order valence-electron chi connectivity index (χ2n) is 0. The minimum atomic E-state index is 0. The van der Waals surface area contributed by atoms with Crippen LogP contribution >= 0.6 is 0 Å². The Bertz CT molecular complexity index is 3.25. The SMILES string of the molecule is [Ce].[Ce].[Ce].[GaH3]. The summed E-state index contributed by atoms with van der Waals surface area (Å²) >= 11 is 0. The van der Waals surface area contributed by atoms with E-state index in [9.17, 15) is 0 Å². The zero-order valence-electron chi connectivity index (χ0n) is 1.50. The fourth-order valence-corrected chi connectivity index (χ4v) is 0. The van der Waals surface area contributed by atoms with Gasteiger partial charge in [-0.15, -0.1) is 0 Å². The number of rotatable bonds is 0. The molecule has 0 amide bonds. The van der Waals surface area contributed by atoms with E-state index in [-0.39, 0.29) is 145 Å². The summed E-state index contributed by atoms with van der Waals surface area (Å²) in [6.45, 7) is 0.